The van der Waals surface area contributed by atoms with Crippen LogP contribution in [0.2, 0.25) is 0 Å². The quantitative estimate of drug-likeness (QED) is 0.763. The number of hydrogen-bond acceptors (Lipinski definition) is 2. The van der Waals surface area contributed by atoms with E-state index in [1.807, 2.05) is 0 Å². The summed E-state index contributed by atoms with van der Waals surface area (Å²) in [5.74, 6) is -1.47. The maximum Gasteiger partial charge on any atom is 0.307 e. The van der Waals surface area contributed by atoms with Crippen LogP contribution < -0.4 is 0 Å². The van der Waals surface area contributed by atoms with Gasteiger partial charge in [-0.05, 0) is 23.8 Å². The summed E-state index contributed by atoms with van der Waals surface area (Å²) >= 11 is 0. The summed E-state index contributed by atoms with van der Waals surface area (Å²) < 4.78 is 12.8. The van der Waals surface area contributed by atoms with Crippen molar-refractivity contribution in [2.24, 2.45) is 0 Å². The summed E-state index contributed by atoms with van der Waals surface area (Å²) in [5, 5.41) is 9.40. The maximum atomic E-state index is 12.8. The molecule has 0 spiro atoms. The molecule has 0 amide bonds. The van der Waals surface area contributed by atoms with E-state index >= 15 is 0 Å². The van der Waals surface area contributed by atoms with E-state index in [9.17, 15) is 9.18 Å². The predicted molar refractivity (Wildman–Crippen MR) is 53.0 cm³/mol. The molecule has 1 N–H and O–H groups in total. The molecular weight excluding hydrogens is 197 g/mol. The molecular formula is C11H8FNO2. The van der Waals surface area contributed by atoms with Gasteiger partial charge in [-0.1, -0.05) is 12.1 Å². The Morgan fingerprint density at radius 1 is 1.33 bits per heavy atom. The van der Waals surface area contributed by atoms with E-state index in [0.29, 0.717) is 11.1 Å². The van der Waals surface area contributed by atoms with Gasteiger partial charge in [0.2, 0.25) is 5.95 Å². The van der Waals surface area contributed by atoms with E-state index in [-0.39, 0.29) is 6.42 Å². The van der Waals surface area contributed by atoms with E-state index in [4.69, 9.17) is 5.11 Å². The SMILES string of the molecule is O=C(O)Cc1ccc2ccc(F)nc2c1. The van der Waals surface area contributed by atoms with Crippen LogP contribution in [0.4, 0.5) is 4.39 Å². The summed E-state index contributed by atoms with van der Waals surface area (Å²) in [5.41, 5.74) is 1.10. The third-order valence-corrected chi connectivity index (χ3v) is 2.08. The molecule has 2 aromatic rings. The second kappa shape index (κ2) is 3.65. The standard InChI is InChI=1S/C11H8FNO2/c12-10-4-3-8-2-1-7(6-11(14)15)5-9(8)13-10/h1-5H,6H2,(H,14,15). The lowest BCUT2D eigenvalue weighted by atomic mass is 10.1. The number of hydrogen-bond donors (Lipinski definition) is 1. The number of aromatic nitrogens is 1. The van der Waals surface area contributed by atoms with Crippen molar-refractivity contribution in [3.05, 3.63) is 41.8 Å². The number of aliphatic carboxylic acids is 1. The molecule has 0 aliphatic carbocycles. The Hall–Kier alpha value is -1.97. The first-order valence-corrected chi connectivity index (χ1v) is 4.42. The van der Waals surface area contributed by atoms with Crippen molar-refractivity contribution in [2.75, 3.05) is 0 Å². The second-order valence-electron chi connectivity index (χ2n) is 3.23. The van der Waals surface area contributed by atoms with Crippen molar-refractivity contribution >= 4 is 16.9 Å². The molecule has 76 valence electrons. The number of carboxylic acid groups (broad SMARTS) is 1. The van der Waals surface area contributed by atoms with Gasteiger partial charge in [-0.15, -0.1) is 0 Å². The van der Waals surface area contributed by atoms with Crippen LogP contribution in [0.25, 0.3) is 10.9 Å². The van der Waals surface area contributed by atoms with Gasteiger partial charge in [0.15, 0.2) is 0 Å². The summed E-state index contributed by atoms with van der Waals surface area (Å²) in [6.07, 6.45) is -0.0753. The molecule has 0 atom stereocenters. The van der Waals surface area contributed by atoms with Crippen molar-refractivity contribution in [1.29, 1.82) is 0 Å². The topological polar surface area (TPSA) is 50.2 Å². The Morgan fingerprint density at radius 3 is 2.80 bits per heavy atom. The molecule has 3 nitrogen and oxygen atoms in total. The van der Waals surface area contributed by atoms with Crippen molar-refractivity contribution < 1.29 is 14.3 Å². The monoisotopic (exact) mass is 205 g/mol. The lowest BCUT2D eigenvalue weighted by molar-refractivity contribution is -0.136. The lowest BCUT2D eigenvalue weighted by Crippen LogP contribution is -1.99. The predicted octanol–water partition coefficient (Wildman–Crippen LogP) is 2.00. The van der Waals surface area contributed by atoms with Crippen LogP contribution in [0.3, 0.4) is 0 Å². The van der Waals surface area contributed by atoms with Crippen molar-refractivity contribution in [3.8, 4) is 0 Å². The van der Waals surface area contributed by atoms with Gasteiger partial charge in [0, 0.05) is 5.39 Å². The maximum absolute atomic E-state index is 12.8. The first-order chi connectivity index (χ1) is 7.15. The van der Waals surface area contributed by atoms with Gasteiger partial charge >= 0.3 is 5.97 Å². The highest BCUT2D eigenvalue weighted by molar-refractivity contribution is 5.80. The molecule has 15 heavy (non-hydrogen) atoms. The second-order valence-corrected chi connectivity index (χ2v) is 3.23. The Morgan fingerprint density at radius 2 is 2.07 bits per heavy atom. The van der Waals surface area contributed by atoms with Crippen LogP contribution in [0.15, 0.2) is 30.3 Å². The van der Waals surface area contributed by atoms with E-state index in [2.05, 4.69) is 4.98 Å². The highest BCUT2D eigenvalue weighted by Gasteiger charge is 2.03. The number of fused-ring (bicyclic) bond motifs is 1. The first kappa shape index (κ1) is 9.58. The van der Waals surface area contributed by atoms with Crippen LogP contribution in [-0.4, -0.2) is 16.1 Å². The van der Waals surface area contributed by atoms with Crippen molar-refractivity contribution in [1.82, 2.24) is 4.98 Å². The fourth-order valence-corrected chi connectivity index (χ4v) is 1.42. The minimum atomic E-state index is -0.911. The first-order valence-electron chi connectivity index (χ1n) is 4.42. The van der Waals surface area contributed by atoms with E-state index in [1.54, 1.807) is 24.3 Å². The van der Waals surface area contributed by atoms with Crippen LogP contribution in [-0.2, 0) is 11.2 Å². The van der Waals surface area contributed by atoms with Gasteiger partial charge in [0.1, 0.15) is 0 Å². The molecule has 0 radical (unpaired) electrons. The van der Waals surface area contributed by atoms with Crippen LogP contribution in [0, 0.1) is 5.95 Å². The number of pyridine rings is 1. The van der Waals surface area contributed by atoms with Gasteiger partial charge in [-0.25, -0.2) is 4.98 Å². The van der Waals surface area contributed by atoms with Crippen molar-refractivity contribution in [2.45, 2.75) is 6.42 Å². The van der Waals surface area contributed by atoms with Gasteiger partial charge in [-0.2, -0.15) is 4.39 Å². The molecule has 0 aliphatic heterocycles. The van der Waals surface area contributed by atoms with Crippen LogP contribution >= 0.6 is 0 Å². The van der Waals surface area contributed by atoms with Gasteiger partial charge < -0.3 is 5.11 Å². The highest BCUT2D eigenvalue weighted by Crippen LogP contribution is 2.14. The van der Waals surface area contributed by atoms with E-state index in [0.717, 1.165) is 5.39 Å². The Kier molecular flexibility index (Phi) is 2.33. The minimum absolute atomic E-state index is 0.0753. The molecule has 0 fully saturated rings. The molecule has 0 unspecified atom stereocenters. The molecule has 1 aromatic carbocycles. The summed E-state index contributed by atoms with van der Waals surface area (Å²) in [7, 11) is 0. The zero-order valence-corrected chi connectivity index (χ0v) is 7.77. The number of halogens is 1. The Balaban J connectivity index is 2.49. The fourth-order valence-electron chi connectivity index (χ4n) is 1.42. The van der Waals surface area contributed by atoms with Gasteiger partial charge in [0.05, 0.1) is 11.9 Å². The molecule has 0 aliphatic rings. The zero-order valence-electron chi connectivity index (χ0n) is 7.77. The van der Waals surface area contributed by atoms with Crippen molar-refractivity contribution in [3.63, 3.8) is 0 Å². The Bertz CT molecular complexity index is 525. The van der Waals surface area contributed by atoms with E-state index in [1.165, 1.54) is 6.07 Å². The average molecular weight is 205 g/mol. The zero-order chi connectivity index (χ0) is 10.8. The summed E-state index contributed by atoms with van der Waals surface area (Å²) in [6, 6.07) is 7.92. The van der Waals surface area contributed by atoms with E-state index < -0.39 is 11.9 Å². The number of nitrogens with zero attached hydrogens (tertiary/aromatic N) is 1. The van der Waals surface area contributed by atoms with Crippen LogP contribution in [0.5, 0.6) is 0 Å². The summed E-state index contributed by atoms with van der Waals surface area (Å²) in [4.78, 5) is 14.2. The number of carboxylic acids is 1. The van der Waals surface area contributed by atoms with Gasteiger partial charge in [0.25, 0.3) is 0 Å². The number of rotatable bonds is 2. The summed E-state index contributed by atoms with van der Waals surface area (Å²) in [6.45, 7) is 0. The minimum Gasteiger partial charge on any atom is -0.481 e. The molecule has 0 saturated carbocycles. The third-order valence-electron chi connectivity index (χ3n) is 2.08. The smallest absolute Gasteiger partial charge is 0.307 e. The molecule has 4 heteroatoms. The molecule has 2 rings (SSSR count). The normalized spacial score (nSPS) is 10.5. The molecule has 0 bridgehead atoms. The third kappa shape index (κ3) is 2.10. The Labute approximate surface area is 85.2 Å². The number of carbonyl (C=O) groups is 1. The molecule has 1 aromatic heterocycles. The fraction of sp³-hybridized carbons (Fsp3) is 0.0909. The average Bonchev–Trinajstić information content (AvgIpc) is 2.16. The lowest BCUT2D eigenvalue weighted by Gasteiger charge is -2.00. The molecule has 1 heterocycles. The highest BCUT2D eigenvalue weighted by atomic mass is 19.1. The number of benzene rings is 1. The van der Waals surface area contributed by atoms with Crippen LogP contribution in [0.1, 0.15) is 5.56 Å². The largest absolute Gasteiger partial charge is 0.481 e. The molecule has 0 saturated heterocycles. The van der Waals surface area contributed by atoms with Gasteiger partial charge in [-0.3, -0.25) is 4.79 Å².